The number of hydrogen-bond acceptors (Lipinski definition) is 4. The second-order valence-corrected chi connectivity index (χ2v) is 7.30. The summed E-state index contributed by atoms with van der Waals surface area (Å²) in [5.74, 6) is -1.39. The number of rotatable bonds is 4. The first-order chi connectivity index (χ1) is 13.0. The second kappa shape index (κ2) is 8.67. The molecule has 1 unspecified atom stereocenters. The molecule has 0 aliphatic carbocycles. The van der Waals surface area contributed by atoms with Crippen molar-refractivity contribution in [3.8, 4) is 5.75 Å². The van der Waals surface area contributed by atoms with Gasteiger partial charge in [0.1, 0.15) is 11.6 Å². The number of carbonyl (C=O) groups is 1. The Balaban J connectivity index is 1.65. The van der Waals surface area contributed by atoms with E-state index in [1.165, 1.54) is 0 Å². The van der Waals surface area contributed by atoms with E-state index in [-0.39, 0.29) is 22.2 Å². The van der Waals surface area contributed by atoms with Crippen molar-refractivity contribution in [1.82, 2.24) is 14.8 Å². The van der Waals surface area contributed by atoms with Crippen LogP contribution in [0.2, 0.25) is 5.02 Å². The average molecular weight is 392 g/mol. The van der Waals surface area contributed by atoms with Crippen LogP contribution in [0.3, 0.4) is 0 Å². The number of halogens is 2. The van der Waals surface area contributed by atoms with Crippen molar-refractivity contribution in [1.29, 1.82) is 0 Å². The summed E-state index contributed by atoms with van der Waals surface area (Å²) in [4.78, 5) is 21.0. The average Bonchev–Trinajstić information content (AvgIpc) is 2.91. The summed E-state index contributed by atoms with van der Waals surface area (Å²) in [6.07, 6.45) is 4.39. The monoisotopic (exact) mass is 391 g/mol. The van der Waals surface area contributed by atoms with E-state index in [0.29, 0.717) is 19.1 Å². The Labute approximate surface area is 163 Å². The molecule has 1 saturated heterocycles. The molecule has 3 rings (SSSR count). The number of benzene rings is 1. The lowest BCUT2D eigenvalue weighted by atomic mass is 10.1. The van der Waals surface area contributed by atoms with E-state index < -0.39 is 5.82 Å². The number of carbonyl (C=O) groups excluding carboxylic acids is 1. The molecule has 1 atom stereocenters. The summed E-state index contributed by atoms with van der Waals surface area (Å²) in [6.45, 7) is 1.86. The minimum atomic E-state index is -0.635. The summed E-state index contributed by atoms with van der Waals surface area (Å²) in [6, 6.07) is 8.24. The molecular formula is C20H23ClFN3O2. The van der Waals surface area contributed by atoms with E-state index in [2.05, 4.69) is 16.9 Å². The van der Waals surface area contributed by atoms with Crippen molar-refractivity contribution in [2.45, 2.75) is 31.8 Å². The standard InChI is InChI=1S/C20H23ClFN3O2/c1-24(13-15-5-2-3-8-23-15)16-6-4-9-25(10-7-16)20(27)17-11-14(22)12-18(21)19(17)26/h2-3,5,8,11-12,16,26H,4,6-7,9-10,13H2,1H3. The van der Waals surface area contributed by atoms with Crippen molar-refractivity contribution in [2.24, 2.45) is 0 Å². The number of likely N-dealkylation sites (tertiary alicyclic amines) is 1. The normalized spacial score (nSPS) is 17.8. The van der Waals surface area contributed by atoms with Gasteiger partial charge in [-0.1, -0.05) is 17.7 Å². The summed E-state index contributed by atoms with van der Waals surface area (Å²) in [5, 5.41) is 9.88. The lowest BCUT2D eigenvalue weighted by Crippen LogP contribution is -2.35. The first-order valence-corrected chi connectivity index (χ1v) is 9.41. The van der Waals surface area contributed by atoms with Gasteiger partial charge < -0.3 is 10.0 Å². The minimum absolute atomic E-state index is 0.0831. The third-order valence-corrected chi connectivity index (χ3v) is 5.29. The topological polar surface area (TPSA) is 56.7 Å². The van der Waals surface area contributed by atoms with E-state index in [1.807, 2.05) is 18.2 Å². The zero-order chi connectivity index (χ0) is 19.4. The molecule has 1 N–H and O–H groups in total. The highest BCUT2D eigenvalue weighted by Crippen LogP contribution is 2.30. The SMILES string of the molecule is CN(Cc1ccccn1)C1CCCN(C(=O)c2cc(F)cc(Cl)c2O)CC1. The van der Waals surface area contributed by atoms with Gasteiger partial charge in [0.25, 0.3) is 5.91 Å². The van der Waals surface area contributed by atoms with Crippen LogP contribution in [0.1, 0.15) is 35.3 Å². The van der Waals surface area contributed by atoms with Crippen LogP contribution in [0, 0.1) is 5.82 Å². The zero-order valence-corrected chi connectivity index (χ0v) is 16.0. The van der Waals surface area contributed by atoms with Gasteiger partial charge >= 0.3 is 0 Å². The van der Waals surface area contributed by atoms with Crippen LogP contribution < -0.4 is 0 Å². The fourth-order valence-electron chi connectivity index (χ4n) is 3.50. The van der Waals surface area contributed by atoms with E-state index >= 15 is 0 Å². The fourth-order valence-corrected chi connectivity index (χ4v) is 3.70. The summed E-state index contributed by atoms with van der Waals surface area (Å²) in [5.41, 5.74) is 0.928. The first-order valence-electron chi connectivity index (χ1n) is 9.03. The summed E-state index contributed by atoms with van der Waals surface area (Å²) < 4.78 is 13.6. The Morgan fingerprint density at radius 2 is 2.19 bits per heavy atom. The molecule has 144 valence electrons. The van der Waals surface area contributed by atoms with Crippen LogP contribution in [0.5, 0.6) is 5.75 Å². The lowest BCUT2D eigenvalue weighted by Gasteiger charge is -2.27. The first kappa shape index (κ1) is 19.6. The predicted molar refractivity (Wildman–Crippen MR) is 102 cm³/mol. The molecule has 0 saturated carbocycles. The van der Waals surface area contributed by atoms with E-state index in [9.17, 15) is 14.3 Å². The molecule has 1 aromatic carbocycles. The number of phenolic OH excluding ortho intramolecular Hbond substituents is 1. The molecule has 1 aromatic heterocycles. The van der Waals surface area contributed by atoms with Gasteiger partial charge in [-0.05, 0) is 50.6 Å². The van der Waals surface area contributed by atoms with Gasteiger partial charge in [-0.25, -0.2) is 4.39 Å². The van der Waals surface area contributed by atoms with Crippen molar-refractivity contribution in [3.05, 3.63) is 58.6 Å². The predicted octanol–water partition coefficient (Wildman–Crippen LogP) is 3.71. The Hall–Kier alpha value is -2.18. The molecule has 1 fully saturated rings. The van der Waals surface area contributed by atoms with E-state index in [1.54, 1.807) is 11.1 Å². The number of pyridine rings is 1. The van der Waals surface area contributed by atoms with Gasteiger partial charge in [-0.15, -0.1) is 0 Å². The molecule has 2 heterocycles. The van der Waals surface area contributed by atoms with Crippen LogP contribution in [-0.2, 0) is 6.54 Å². The molecule has 27 heavy (non-hydrogen) atoms. The van der Waals surface area contributed by atoms with Crippen LogP contribution in [0.25, 0.3) is 0 Å². The van der Waals surface area contributed by atoms with Gasteiger partial charge in [-0.2, -0.15) is 0 Å². The Morgan fingerprint density at radius 1 is 1.37 bits per heavy atom. The van der Waals surface area contributed by atoms with Crippen molar-refractivity contribution >= 4 is 17.5 Å². The summed E-state index contributed by atoms with van der Waals surface area (Å²) >= 11 is 5.80. The lowest BCUT2D eigenvalue weighted by molar-refractivity contribution is 0.0753. The number of aromatic nitrogens is 1. The maximum Gasteiger partial charge on any atom is 0.257 e. The quantitative estimate of drug-likeness (QED) is 0.863. The highest BCUT2D eigenvalue weighted by atomic mass is 35.5. The fraction of sp³-hybridized carbons (Fsp3) is 0.400. The third kappa shape index (κ3) is 4.76. The molecule has 1 amide bonds. The maximum absolute atomic E-state index is 13.6. The number of nitrogens with zero attached hydrogens (tertiary/aromatic N) is 3. The molecule has 1 aliphatic rings. The van der Waals surface area contributed by atoms with Crippen molar-refractivity contribution < 1.29 is 14.3 Å². The van der Waals surface area contributed by atoms with Gasteiger partial charge in [0.2, 0.25) is 0 Å². The van der Waals surface area contributed by atoms with E-state index in [0.717, 1.165) is 43.6 Å². The third-order valence-electron chi connectivity index (χ3n) is 5.00. The van der Waals surface area contributed by atoms with E-state index in [4.69, 9.17) is 11.6 Å². The molecule has 0 bridgehead atoms. The summed E-state index contributed by atoms with van der Waals surface area (Å²) in [7, 11) is 2.06. The van der Waals surface area contributed by atoms with Gasteiger partial charge in [-0.3, -0.25) is 14.7 Å². The molecule has 5 nitrogen and oxygen atoms in total. The van der Waals surface area contributed by atoms with Crippen molar-refractivity contribution in [2.75, 3.05) is 20.1 Å². The van der Waals surface area contributed by atoms with Gasteiger partial charge in [0.15, 0.2) is 0 Å². The number of hydrogen-bond donors (Lipinski definition) is 1. The van der Waals surface area contributed by atoms with Crippen LogP contribution in [0.4, 0.5) is 4.39 Å². The zero-order valence-electron chi connectivity index (χ0n) is 15.2. The van der Waals surface area contributed by atoms with Crippen LogP contribution in [-0.4, -0.2) is 52.0 Å². The van der Waals surface area contributed by atoms with Gasteiger partial charge in [0, 0.05) is 31.9 Å². The maximum atomic E-state index is 13.6. The number of amides is 1. The number of aromatic hydroxyl groups is 1. The van der Waals surface area contributed by atoms with Crippen LogP contribution >= 0.6 is 11.6 Å². The van der Waals surface area contributed by atoms with Crippen molar-refractivity contribution in [3.63, 3.8) is 0 Å². The highest BCUT2D eigenvalue weighted by molar-refractivity contribution is 6.32. The second-order valence-electron chi connectivity index (χ2n) is 6.90. The van der Waals surface area contributed by atoms with Gasteiger partial charge in [0.05, 0.1) is 16.3 Å². The Kier molecular flexibility index (Phi) is 6.29. The molecule has 7 heteroatoms. The molecule has 2 aromatic rings. The largest absolute Gasteiger partial charge is 0.506 e. The Bertz CT molecular complexity index is 803. The molecular weight excluding hydrogens is 369 g/mol. The highest BCUT2D eigenvalue weighted by Gasteiger charge is 2.26. The smallest absolute Gasteiger partial charge is 0.257 e. The molecule has 0 radical (unpaired) electrons. The molecule has 1 aliphatic heterocycles. The minimum Gasteiger partial charge on any atom is -0.506 e. The molecule has 0 spiro atoms. The Morgan fingerprint density at radius 3 is 2.93 bits per heavy atom. The number of phenols is 1. The van der Waals surface area contributed by atoms with Crippen LogP contribution in [0.15, 0.2) is 36.5 Å².